The molecule has 1 saturated carbocycles. The molecule has 0 unspecified atom stereocenters. The van der Waals surface area contributed by atoms with Crippen LogP contribution in [0.25, 0.3) is 0 Å². The van der Waals surface area contributed by atoms with Crippen LogP contribution in [0.5, 0.6) is 0 Å². The molecular weight excluding hydrogens is 290 g/mol. The van der Waals surface area contributed by atoms with E-state index < -0.39 is 10.0 Å². The van der Waals surface area contributed by atoms with Crippen LogP contribution in [0.15, 0.2) is 23.2 Å². The third-order valence-electron chi connectivity index (χ3n) is 4.35. The summed E-state index contributed by atoms with van der Waals surface area (Å²) in [5, 5.41) is 0. The molecule has 8 heteroatoms. The lowest BCUT2D eigenvalue weighted by Crippen LogP contribution is -2.57. The fourth-order valence-electron chi connectivity index (χ4n) is 2.71. The molecule has 0 bridgehead atoms. The Bertz CT molecular complexity index is 598. The van der Waals surface area contributed by atoms with Crippen LogP contribution in [-0.4, -0.2) is 55.8 Å². The Hall–Kier alpha value is -1.22. The van der Waals surface area contributed by atoms with Crippen molar-refractivity contribution in [2.45, 2.75) is 29.7 Å². The van der Waals surface area contributed by atoms with Gasteiger partial charge in [0.1, 0.15) is 4.90 Å². The first kappa shape index (κ1) is 16.2. The smallest absolute Gasteiger partial charge is 0.246 e. The molecule has 1 fully saturated rings. The minimum Gasteiger partial charge on any atom is -0.307 e. The van der Waals surface area contributed by atoms with Crippen molar-refractivity contribution in [2.75, 3.05) is 33.1 Å². The summed E-state index contributed by atoms with van der Waals surface area (Å²) < 4.78 is 26.8. The fraction of sp³-hybridized carbons (Fsp3) is 0.615. The minimum atomic E-state index is -3.62. The molecule has 0 aromatic carbocycles. The zero-order chi connectivity index (χ0) is 15.7. The number of hydrazine groups is 1. The Morgan fingerprint density at radius 3 is 2.52 bits per heavy atom. The van der Waals surface area contributed by atoms with E-state index in [0.717, 1.165) is 19.3 Å². The molecule has 0 aliphatic heterocycles. The summed E-state index contributed by atoms with van der Waals surface area (Å²) in [4.78, 5) is 6.18. The molecule has 3 N–H and O–H groups in total. The van der Waals surface area contributed by atoms with Crippen molar-refractivity contribution in [2.24, 2.45) is 5.84 Å². The number of nitrogens with one attached hydrogen (secondary N) is 1. The third-order valence-corrected chi connectivity index (χ3v) is 6.18. The molecule has 0 spiro atoms. The first-order valence-electron chi connectivity index (χ1n) is 6.89. The van der Waals surface area contributed by atoms with Crippen LogP contribution in [0.4, 0.5) is 5.82 Å². The van der Waals surface area contributed by atoms with E-state index in [-0.39, 0.29) is 16.3 Å². The number of nitrogens with zero attached hydrogens (tertiary/aromatic N) is 3. The predicted octanol–water partition coefficient (Wildman–Crippen LogP) is 0.472. The van der Waals surface area contributed by atoms with Gasteiger partial charge in [0.25, 0.3) is 0 Å². The largest absolute Gasteiger partial charge is 0.307 e. The van der Waals surface area contributed by atoms with Crippen molar-refractivity contribution in [3.8, 4) is 0 Å². The molecule has 1 aromatic heterocycles. The van der Waals surface area contributed by atoms with Gasteiger partial charge < -0.3 is 10.3 Å². The number of sulfonamides is 1. The number of nitrogens with two attached hydrogens (primary N) is 1. The third kappa shape index (κ3) is 2.89. The highest BCUT2D eigenvalue weighted by Gasteiger charge is 2.42. The van der Waals surface area contributed by atoms with Crippen LogP contribution in [-0.2, 0) is 10.0 Å². The number of hydrogen-bond acceptors (Lipinski definition) is 6. The van der Waals surface area contributed by atoms with Gasteiger partial charge in [-0.3, -0.25) is 0 Å². The summed E-state index contributed by atoms with van der Waals surface area (Å²) >= 11 is 0. The van der Waals surface area contributed by atoms with Gasteiger partial charge in [0.15, 0.2) is 5.82 Å². The second-order valence-electron chi connectivity index (χ2n) is 5.73. The summed E-state index contributed by atoms with van der Waals surface area (Å²) in [5.41, 5.74) is 2.27. The van der Waals surface area contributed by atoms with Crippen LogP contribution in [0.1, 0.15) is 19.3 Å². The maximum Gasteiger partial charge on any atom is 0.246 e. The first-order valence-corrected chi connectivity index (χ1v) is 8.33. The number of aromatic nitrogens is 1. The molecule has 1 aromatic rings. The molecule has 0 radical (unpaired) electrons. The molecule has 7 nitrogen and oxygen atoms in total. The van der Waals surface area contributed by atoms with Gasteiger partial charge in [-0.2, -0.15) is 4.31 Å². The quantitative estimate of drug-likeness (QED) is 0.586. The zero-order valence-corrected chi connectivity index (χ0v) is 13.5. The summed E-state index contributed by atoms with van der Waals surface area (Å²) in [6, 6.07) is 3.10. The Balaban J connectivity index is 2.27. The molecule has 2 rings (SSSR count). The summed E-state index contributed by atoms with van der Waals surface area (Å²) in [6.07, 6.45) is 4.65. The van der Waals surface area contributed by atoms with Crippen LogP contribution >= 0.6 is 0 Å². The highest BCUT2D eigenvalue weighted by Crippen LogP contribution is 2.37. The Morgan fingerprint density at radius 1 is 1.38 bits per heavy atom. The van der Waals surface area contributed by atoms with E-state index in [4.69, 9.17) is 5.84 Å². The van der Waals surface area contributed by atoms with E-state index in [0.29, 0.717) is 6.54 Å². The molecular formula is C13H23N5O2S. The van der Waals surface area contributed by atoms with E-state index >= 15 is 0 Å². The molecule has 118 valence electrons. The molecule has 0 atom stereocenters. The van der Waals surface area contributed by atoms with Crippen molar-refractivity contribution in [3.05, 3.63) is 18.3 Å². The van der Waals surface area contributed by atoms with Crippen LogP contribution < -0.4 is 11.3 Å². The highest BCUT2D eigenvalue weighted by molar-refractivity contribution is 7.89. The Morgan fingerprint density at radius 2 is 2.05 bits per heavy atom. The lowest BCUT2D eigenvalue weighted by atomic mass is 9.75. The van der Waals surface area contributed by atoms with E-state index in [1.165, 1.54) is 16.6 Å². The summed E-state index contributed by atoms with van der Waals surface area (Å²) in [5.74, 6) is 5.52. The summed E-state index contributed by atoms with van der Waals surface area (Å²) in [6.45, 7) is 0.460. The van der Waals surface area contributed by atoms with Crippen molar-refractivity contribution < 1.29 is 8.42 Å². The van der Waals surface area contributed by atoms with Crippen LogP contribution in [0.3, 0.4) is 0 Å². The van der Waals surface area contributed by atoms with E-state index in [2.05, 4.69) is 15.3 Å². The maximum atomic E-state index is 12.7. The van der Waals surface area contributed by atoms with Gasteiger partial charge in [-0.1, -0.05) is 0 Å². The highest BCUT2D eigenvalue weighted by atomic mass is 32.2. The second-order valence-corrected chi connectivity index (χ2v) is 7.74. The monoisotopic (exact) mass is 313 g/mol. The van der Waals surface area contributed by atoms with E-state index in [9.17, 15) is 8.42 Å². The van der Waals surface area contributed by atoms with Crippen molar-refractivity contribution in [3.63, 3.8) is 0 Å². The van der Waals surface area contributed by atoms with Crippen molar-refractivity contribution in [1.82, 2.24) is 14.2 Å². The SMILES string of the molecule is CN(C)C1(CN(C)S(=O)(=O)c2cccnc2NN)CCC1. The molecule has 1 aliphatic carbocycles. The normalized spacial score (nSPS) is 17.8. The number of nitrogen functional groups attached to an aromatic ring is 1. The average Bonchev–Trinajstić information content (AvgIpc) is 2.41. The lowest BCUT2D eigenvalue weighted by molar-refractivity contribution is 0.0455. The lowest BCUT2D eigenvalue weighted by Gasteiger charge is -2.48. The second kappa shape index (κ2) is 5.88. The Labute approximate surface area is 126 Å². The van der Waals surface area contributed by atoms with Crippen LogP contribution in [0.2, 0.25) is 0 Å². The maximum absolute atomic E-state index is 12.7. The van der Waals surface area contributed by atoms with Crippen molar-refractivity contribution >= 4 is 15.8 Å². The van der Waals surface area contributed by atoms with Gasteiger partial charge in [0.05, 0.1) is 0 Å². The van der Waals surface area contributed by atoms with E-state index in [1.54, 1.807) is 13.1 Å². The average molecular weight is 313 g/mol. The topological polar surface area (TPSA) is 91.6 Å². The number of pyridine rings is 1. The molecule has 1 aliphatic rings. The molecule has 1 heterocycles. The van der Waals surface area contributed by atoms with Gasteiger partial charge in [-0.05, 0) is 45.5 Å². The molecule has 21 heavy (non-hydrogen) atoms. The van der Waals surface area contributed by atoms with E-state index in [1.807, 2.05) is 14.1 Å². The summed E-state index contributed by atoms with van der Waals surface area (Å²) in [7, 11) is 1.97. The molecule has 0 saturated heterocycles. The van der Waals surface area contributed by atoms with Crippen molar-refractivity contribution in [1.29, 1.82) is 0 Å². The van der Waals surface area contributed by atoms with Gasteiger partial charge in [-0.25, -0.2) is 19.2 Å². The molecule has 0 amide bonds. The zero-order valence-electron chi connectivity index (χ0n) is 12.7. The minimum absolute atomic E-state index is 0.0691. The number of hydrogen-bond donors (Lipinski definition) is 2. The van der Waals surface area contributed by atoms with Crippen LogP contribution in [0, 0.1) is 0 Å². The number of anilines is 1. The van der Waals surface area contributed by atoms with Gasteiger partial charge in [-0.15, -0.1) is 0 Å². The number of rotatable bonds is 6. The fourth-order valence-corrected chi connectivity index (χ4v) is 4.06. The standard InChI is InChI=1S/C13H23N5O2S/c1-17(2)13(7-5-8-13)10-18(3)21(19,20)11-6-4-9-15-12(11)16-14/h4,6,9H,5,7-8,10,14H2,1-3H3,(H,15,16). The van der Waals surface area contributed by atoms with Gasteiger partial charge >= 0.3 is 0 Å². The van der Waals surface area contributed by atoms with Gasteiger partial charge in [0.2, 0.25) is 10.0 Å². The Kier molecular flexibility index (Phi) is 4.52. The predicted molar refractivity (Wildman–Crippen MR) is 82.1 cm³/mol. The number of likely N-dealkylation sites (N-methyl/N-ethyl adjacent to an activating group) is 2. The first-order chi connectivity index (χ1) is 9.83. The van der Waals surface area contributed by atoms with Gasteiger partial charge in [0, 0.05) is 25.3 Å².